The summed E-state index contributed by atoms with van der Waals surface area (Å²) in [6.45, 7) is 0.720. The van der Waals surface area contributed by atoms with Gasteiger partial charge in [0.25, 0.3) is 0 Å². The standard InChI is InChI=1S/C17H16Cl2N4O3P/c1-25-27(24)26-15-3-2-7-23(15)14-9-13(22-8-6-20-10-22)11-4-5-12(18)16(19)17(11)21-14/h4-6,8-10,15H,2-3,7H2,1H3/q+1/t15-/m0/s1. The molecule has 2 atom stereocenters. The van der Waals surface area contributed by atoms with E-state index in [-0.39, 0.29) is 6.23 Å². The van der Waals surface area contributed by atoms with Gasteiger partial charge in [0, 0.05) is 35.0 Å². The number of benzene rings is 1. The van der Waals surface area contributed by atoms with Crippen LogP contribution in [0, 0.1) is 0 Å². The molecule has 7 nitrogen and oxygen atoms in total. The normalized spacial score (nSPS) is 17.7. The third-order valence-corrected chi connectivity index (χ3v) is 5.98. The number of halogens is 2. The molecule has 1 aliphatic heterocycles. The van der Waals surface area contributed by atoms with E-state index in [1.165, 1.54) is 7.11 Å². The molecule has 1 unspecified atom stereocenters. The summed E-state index contributed by atoms with van der Waals surface area (Å²) in [5.74, 6) is 0.664. The van der Waals surface area contributed by atoms with E-state index in [9.17, 15) is 4.57 Å². The van der Waals surface area contributed by atoms with Gasteiger partial charge in [-0.2, -0.15) is 0 Å². The smallest absolute Gasteiger partial charge is 0.327 e. The van der Waals surface area contributed by atoms with Crippen molar-refractivity contribution >= 4 is 48.2 Å². The second kappa shape index (κ2) is 7.70. The molecule has 1 aromatic carbocycles. The Morgan fingerprint density at radius 1 is 1.33 bits per heavy atom. The number of aromatic nitrogens is 3. The Kier molecular flexibility index (Phi) is 5.30. The van der Waals surface area contributed by atoms with Crippen molar-refractivity contribution in [1.29, 1.82) is 0 Å². The van der Waals surface area contributed by atoms with Crippen LogP contribution in [0.3, 0.4) is 0 Å². The van der Waals surface area contributed by atoms with Crippen molar-refractivity contribution in [2.75, 3.05) is 18.6 Å². The zero-order valence-corrected chi connectivity index (χ0v) is 16.8. The second-order valence-electron chi connectivity index (χ2n) is 6.03. The Labute approximate surface area is 166 Å². The van der Waals surface area contributed by atoms with Crippen molar-refractivity contribution in [3.63, 3.8) is 0 Å². The Balaban J connectivity index is 1.86. The van der Waals surface area contributed by atoms with Crippen LogP contribution in [0.1, 0.15) is 12.8 Å². The second-order valence-corrected chi connectivity index (χ2v) is 7.84. The number of pyridine rings is 1. The van der Waals surface area contributed by atoms with E-state index >= 15 is 0 Å². The fraction of sp³-hybridized carbons (Fsp3) is 0.294. The average molecular weight is 426 g/mol. The highest BCUT2D eigenvalue weighted by atomic mass is 35.5. The van der Waals surface area contributed by atoms with Gasteiger partial charge in [0.2, 0.25) is 0 Å². The number of rotatable bonds is 5. The lowest BCUT2D eigenvalue weighted by Crippen LogP contribution is -2.31. The summed E-state index contributed by atoms with van der Waals surface area (Å²) in [4.78, 5) is 10.8. The van der Waals surface area contributed by atoms with Gasteiger partial charge in [-0.3, -0.25) is 0 Å². The molecule has 3 aromatic rings. The average Bonchev–Trinajstić information content (AvgIpc) is 3.36. The minimum Gasteiger partial charge on any atom is -0.327 e. The van der Waals surface area contributed by atoms with Crippen molar-refractivity contribution in [1.82, 2.24) is 14.5 Å². The van der Waals surface area contributed by atoms with Gasteiger partial charge in [-0.1, -0.05) is 27.7 Å². The molecule has 0 N–H and O–H groups in total. The van der Waals surface area contributed by atoms with E-state index in [0.29, 0.717) is 21.4 Å². The molecule has 0 spiro atoms. The maximum Gasteiger partial charge on any atom is 0.699 e. The molecule has 0 bridgehead atoms. The van der Waals surface area contributed by atoms with Gasteiger partial charge in [-0.25, -0.2) is 9.97 Å². The van der Waals surface area contributed by atoms with Gasteiger partial charge in [-0.15, -0.1) is 4.52 Å². The van der Waals surface area contributed by atoms with Crippen molar-refractivity contribution in [3.8, 4) is 5.69 Å². The summed E-state index contributed by atoms with van der Waals surface area (Å²) >= 11 is 12.7. The van der Waals surface area contributed by atoms with E-state index in [2.05, 4.69) is 4.98 Å². The van der Waals surface area contributed by atoms with E-state index in [1.54, 1.807) is 18.6 Å². The third-order valence-electron chi connectivity index (χ3n) is 4.47. The monoisotopic (exact) mass is 425 g/mol. The molecule has 10 heteroatoms. The van der Waals surface area contributed by atoms with Crippen molar-refractivity contribution in [2.24, 2.45) is 0 Å². The lowest BCUT2D eigenvalue weighted by molar-refractivity contribution is 0.184. The zero-order chi connectivity index (χ0) is 19.0. The summed E-state index contributed by atoms with van der Waals surface area (Å²) in [5, 5.41) is 1.67. The minimum absolute atomic E-state index is 0.382. The maximum absolute atomic E-state index is 11.7. The number of nitrogens with zero attached hydrogens (tertiary/aromatic N) is 4. The Morgan fingerprint density at radius 2 is 2.19 bits per heavy atom. The largest absolute Gasteiger partial charge is 0.699 e. The Hall–Kier alpha value is -1.76. The minimum atomic E-state index is -2.18. The van der Waals surface area contributed by atoms with E-state index in [4.69, 9.17) is 37.2 Å². The van der Waals surface area contributed by atoms with Crippen LogP contribution in [0.15, 0.2) is 36.9 Å². The van der Waals surface area contributed by atoms with Crippen molar-refractivity contribution in [3.05, 3.63) is 47.0 Å². The molecule has 0 aliphatic carbocycles. The highest BCUT2D eigenvalue weighted by molar-refractivity contribution is 7.33. The molecule has 140 valence electrons. The summed E-state index contributed by atoms with van der Waals surface area (Å²) in [6, 6.07) is 5.57. The number of hydrogen-bond donors (Lipinski definition) is 0. The van der Waals surface area contributed by atoms with Crippen LogP contribution < -0.4 is 4.90 Å². The third kappa shape index (κ3) is 3.53. The van der Waals surface area contributed by atoms with Crippen molar-refractivity contribution < 1.29 is 13.6 Å². The highest BCUT2D eigenvalue weighted by Crippen LogP contribution is 2.38. The van der Waals surface area contributed by atoms with Crippen LogP contribution in [0.25, 0.3) is 16.6 Å². The fourth-order valence-corrected chi connectivity index (χ4v) is 4.08. The van der Waals surface area contributed by atoms with Crippen LogP contribution in [0.2, 0.25) is 10.0 Å². The molecule has 0 radical (unpaired) electrons. The molecule has 1 aliphatic rings. The van der Waals surface area contributed by atoms with Gasteiger partial charge in [0.1, 0.15) is 5.82 Å². The predicted molar refractivity (Wildman–Crippen MR) is 105 cm³/mol. The topological polar surface area (TPSA) is 69.5 Å². The molecule has 0 amide bonds. The first kappa shape index (κ1) is 18.6. The van der Waals surface area contributed by atoms with E-state index < -0.39 is 8.25 Å². The summed E-state index contributed by atoms with van der Waals surface area (Å²) in [7, 11) is -0.826. The fourth-order valence-electron chi connectivity index (χ4n) is 3.22. The van der Waals surface area contributed by atoms with Gasteiger partial charge < -0.3 is 9.47 Å². The zero-order valence-electron chi connectivity index (χ0n) is 14.4. The molecule has 3 heterocycles. The Bertz CT molecular complexity index is 1000. The first-order valence-electron chi connectivity index (χ1n) is 8.30. The Morgan fingerprint density at radius 3 is 2.93 bits per heavy atom. The molecular weight excluding hydrogens is 410 g/mol. The summed E-state index contributed by atoms with van der Waals surface area (Å²) < 4.78 is 23.9. The number of imidazole rings is 1. The van der Waals surface area contributed by atoms with E-state index in [0.717, 1.165) is 30.5 Å². The van der Waals surface area contributed by atoms with Crippen molar-refractivity contribution in [2.45, 2.75) is 19.1 Å². The molecular formula is C17H16Cl2N4O3P+. The lowest BCUT2D eigenvalue weighted by atomic mass is 10.1. The van der Waals surface area contributed by atoms with Gasteiger partial charge in [0.05, 0.1) is 34.7 Å². The predicted octanol–water partition coefficient (Wildman–Crippen LogP) is 4.97. The molecule has 27 heavy (non-hydrogen) atoms. The summed E-state index contributed by atoms with van der Waals surface area (Å²) in [5.41, 5.74) is 1.46. The highest BCUT2D eigenvalue weighted by Gasteiger charge is 2.35. The maximum atomic E-state index is 11.7. The number of anilines is 1. The number of fused-ring (bicyclic) bond motifs is 1. The molecule has 1 saturated heterocycles. The lowest BCUT2D eigenvalue weighted by Gasteiger charge is -2.23. The molecule has 4 rings (SSSR count). The van der Waals surface area contributed by atoms with E-state index in [1.807, 2.05) is 27.8 Å². The SMILES string of the molecule is CO[P+](=O)O[C@H]1CCCN1c1cc(-n2ccnc2)c2ccc(Cl)c(Cl)c2n1. The molecule has 0 saturated carbocycles. The van der Waals surface area contributed by atoms with Gasteiger partial charge in [-0.05, 0) is 25.0 Å². The van der Waals surface area contributed by atoms with Crippen LogP contribution in [-0.4, -0.2) is 34.4 Å². The molecule has 1 fully saturated rings. The first-order chi connectivity index (χ1) is 13.1. The van der Waals surface area contributed by atoms with Gasteiger partial charge in [0.15, 0.2) is 6.23 Å². The first-order valence-corrected chi connectivity index (χ1v) is 10.2. The quantitative estimate of drug-likeness (QED) is 0.537. The molecule has 2 aromatic heterocycles. The summed E-state index contributed by atoms with van der Waals surface area (Å²) in [6.07, 6.45) is 6.50. The van der Waals surface area contributed by atoms with Crippen LogP contribution >= 0.6 is 31.5 Å². The van der Waals surface area contributed by atoms with Crippen LogP contribution in [0.5, 0.6) is 0 Å². The number of hydrogen-bond acceptors (Lipinski definition) is 6. The van der Waals surface area contributed by atoms with Crippen LogP contribution in [-0.2, 0) is 13.6 Å². The van der Waals surface area contributed by atoms with Gasteiger partial charge >= 0.3 is 8.25 Å². The van der Waals surface area contributed by atoms with Crippen LogP contribution in [0.4, 0.5) is 5.82 Å².